The maximum Gasteiger partial charge on any atom is 0.236 e. The molecule has 1 atom stereocenters. The highest BCUT2D eigenvalue weighted by molar-refractivity contribution is 7.99. The Kier molecular flexibility index (Phi) is 4.50. The topological polar surface area (TPSA) is 55.6 Å². The molecule has 4 nitrogen and oxygen atoms in total. The number of hydrogen-bond acceptors (Lipinski definition) is 4. The van der Waals surface area contributed by atoms with Gasteiger partial charge in [-0.3, -0.25) is 4.79 Å². The van der Waals surface area contributed by atoms with Gasteiger partial charge in [-0.05, 0) is 19.8 Å². The van der Waals surface area contributed by atoms with Gasteiger partial charge in [0, 0.05) is 37.3 Å². The van der Waals surface area contributed by atoms with E-state index >= 15 is 0 Å². The molecule has 2 heterocycles. The molecular weight excluding hydrogens is 268 g/mol. The summed E-state index contributed by atoms with van der Waals surface area (Å²) in [6.07, 6.45) is 1.25. The Hall–Kier alpha value is -0.330. The molecule has 2 N–H and O–H groups in total. The summed E-state index contributed by atoms with van der Waals surface area (Å²) >= 11 is 7.08. The van der Waals surface area contributed by atoms with E-state index in [4.69, 9.17) is 22.7 Å². The Morgan fingerprint density at radius 2 is 2.17 bits per heavy atom. The third kappa shape index (κ3) is 2.51. The van der Waals surface area contributed by atoms with Crippen molar-refractivity contribution in [2.24, 2.45) is 11.1 Å². The first-order chi connectivity index (χ1) is 8.58. The van der Waals surface area contributed by atoms with Crippen LogP contribution in [0, 0.1) is 5.41 Å². The van der Waals surface area contributed by atoms with Crippen molar-refractivity contribution in [3.8, 4) is 0 Å². The van der Waals surface area contributed by atoms with Crippen LogP contribution in [0.4, 0.5) is 0 Å². The number of amides is 1. The van der Waals surface area contributed by atoms with Crippen molar-refractivity contribution in [3.05, 3.63) is 0 Å². The normalized spacial score (nSPS) is 27.8. The monoisotopic (exact) mass is 288 g/mol. The Morgan fingerprint density at radius 3 is 2.72 bits per heavy atom. The quantitative estimate of drug-likeness (QED) is 0.769. The molecule has 2 fully saturated rings. The fourth-order valence-electron chi connectivity index (χ4n) is 2.59. The molecule has 0 aromatic carbocycles. The summed E-state index contributed by atoms with van der Waals surface area (Å²) in [5.41, 5.74) is 5.22. The molecule has 2 rings (SSSR count). The molecule has 2 aliphatic rings. The first-order valence-electron chi connectivity index (χ1n) is 6.34. The Labute approximate surface area is 118 Å². The summed E-state index contributed by atoms with van der Waals surface area (Å²) in [4.78, 5) is 15.1. The largest absolute Gasteiger partial charge is 0.392 e. The van der Waals surface area contributed by atoms with Crippen LogP contribution in [-0.2, 0) is 9.53 Å². The van der Waals surface area contributed by atoms with Crippen LogP contribution in [0.2, 0.25) is 0 Å². The van der Waals surface area contributed by atoms with Crippen molar-refractivity contribution < 1.29 is 9.53 Å². The van der Waals surface area contributed by atoms with Gasteiger partial charge in [-0.2, -0.15) is 11.8 Å². The van der Waals surface area contributed by atoms with E-state index < -0.39 is 5.41 Å². The van der Waals surface area contributed by atoms with Gasteiger partial charge in [0.05, 0.1) is 4.99 Å². The molecule has 0 spiro atoms. The van der Waals surface area contributed by atoms with Gasteiger partial charge in [0.1, 0.15) is 5.41 Å². The lowest BCUT2D eigenvalue weighted by atomic mass is 9.78. The maximum absolute atomic E-state index is 12.8. The van der Waals surface area contributed by atoms with Crippen LogP contribution in [0.5, 0.6) is 0 Å². The van der Waals surface area contributed by atoms with Gasteiger partial charge in [-0.1, -0.05) is 12.2 Å². The highest BCUT2D eigenvalue weighted by atomic mass is 32.2. The second-order valence-electron chi connectivity index (χ2n) is 4.98. The molecule has 1 unspecified atom stereocenters. The zero-order valence-electron chi connectivity index (χ0n) is 10.7. The van der Waals surface area contributed by atoms with E-state index in [0.717, 1.165) is 18.1 Å². The predicted molar refractivity (Wildman–Crippen MR) is 77.8 cm³/mol. The lowest BCUT2D eigenvalue weighted by Crippen LogP contribution is -2.57. The van der Waals surface area contributed by atoms with E-state index in [2.05, 4.69) is 6.92 Å². The number of hydrogen-bond donors (Lipinski definition) is 1. The smallest absolute Gasteiger partial charge is 0.236 e. The molecular formula is C12H20N2O2S2. The van der Waals surface area contributed by atoms with Gasteiger partial charge < -0.3 is 15.4 Å². The van der Waals surface area contributed by atoms with E-state index in [0.29, 0.717) is 31.0 Å². The summed E-state index contributed by atoms with van der Waals surface area (Å²) in [6.45, 7) is 4.03. The van der Waals surface area contributed by atoms with Crippen LogP contribution in [0.15, 0.2) is 0 Å². The fourth-order valence-corrected chi connectivity index (χ4v) is 3.89. The van der Waals surface area contributed by atoms with E-state index in [1.54, 1.807) is 0 Å². The summed E-state index contributed by atoms with van der Waals surface area (Å²) in [5, 5.41) is 0. The van der Waals surface area contributed by atoms with Crippen molar-refractivity contribution in [2.75, 3.05) is 31.3 Å². The molecule has 2 aliphatic heterocycles. The van der Waals surface area contributed by atoms with Crippen molar-refractivity contribution in [3.63, 3.8) is 0 Å². The van der Waals surface area contributed by atoms with Gasteiger partial charge in [-0.15, -0.1) is 0 Å². The summed E-state index contributed by atoms with van der Waals surface area (Å²) < 4.78 is 5.35. The van der Waals surface area contributed by atoms with Crippen molar-refractivity contribution >= 4 is 34.9 Å². The molecule has 0 aromatic rings. The molecule has 0 saturated carbocycles. The SMILES string of the molecule is CC1CSCCN1C(=O)C1(C(N)=S)CCOCC1. The van der Waals surface area contributed by atoms with Gasteiger partial charge in [0.15, 0.2) is 0 Å². The molecule has 1 amide bonds. The predicted octanol–water partition coefficient (Wildman–Crippen LogP) is 1.03. The van der Waals surface area contributed by atoms with Gasteiger partial charge in [-0.25, -0.2) is 0 Å². The highest BCUT2D eigenvalue weighted by Crippen LogP contribution is 2.35. The first kappa shape index (κ1) is 14.1. The lowest BCUT2D eigenvalue weighted by molar-refractivity contribution is -0.144. The molecule has 102 valence electrons. The number of nitrogens with zero attached hydrogens (tertiary/aromatic N) is 1. The molecule has 2 saturated heterocycles. The molecule has 0 aromatic heterocycles. The maximum atomic E-state index is 12.8. The number of thioether (sulfide) groups is 1. The summed E-state index contributed by atoms with van der Waals surface area (Å²) in [5.74, 6) is 2.11. The average molecular weight is 288 g/mol. The Bertz CT molecular complexity index is 343. The molecule has 0 radical (unpaired) electrons. The van der Waals surface area contributed by atoms with Crippen LogP contribution >= 0.6 is 24.0 Å². The van der Waals surface area contributed by atoms with Crippen LogP contribution in [0.1, 0.15) is 19.8 Å². The van der Waals surface area contributed by atoms with E-state index in [1.165, 1.54) is 0 Å². The third-order valence-corrected chi connectivity index (χ3v) is 5.44. The number of nitrogens with two attached hydrogens (primary N) is 1. The van der Waals surface area contributed by atoms with Crippen molar-refractivity contribution in [2.45, 2.75) is 25.8 Å². The standard InChI is InChI=1S/C12H20N2O2S2/c1-9-8-18-7-4-14(9)11(15)12(10(13)17)2-5-16-6-3-12/h9H,2-8H2,1H3,(H2,13,17). The highest BCUT2D eigenvalue weighted by Gasteiger charge is 2.46. The zero-order valence-corrected chi connectivity index (χ0v) is 12.3. The fraction of sp³-hybridized carbons (Fsp3) is 0.833. The average Bonchev–Trinajstić information content (AvgIpc) is 2.39. The molecule has 0 aliphatic carbocycles. The number of carbonyl (C=O) groups excluding carboxylic acids is 1. The second kappa shape index (κ2) is 5.75. The van der Waals surface area contributed by atoms with Crippen LogP contribution in [0.25, 0.3) is 0 Å². The van der Waals surface area contributed by atoms with E-state index in [9.17, 15) is 4.79 Å². The first-order valence-corrected chi connectivity index (χ1v) is 7.91. The molecule has 18 heavy (non-hydrogen) atoms. The van der Waals surface area contributed by atoms with Crippen LogP contribution in [0.3, 0.4) is 0 Å². The minimum Gasteiger partial charge on any atom is -0.392 e. The minimum atomic E-state index is -0.663. The third-order valence-electron chi connectivity index (χ3n) is 3.86. The Balaban J connectivity index is 2.19. The zero-order chi connectivity index (χ0) is 13.2. The van der Waals surface area contributed by atoms with E-state index in [1.807, 2.05) is 16.7 Å². The van der Waals surface area contributed by atoms with Crippen molar-refractivity contribution in [1.82, 2.24) is 4.90 Å². The number of thiocarbonyl (C=S) groups is 1. The van der Waals surface area contributed by atoms with Gasteiger partial charge in [0.2, 0.25) is 5.91 Å². The summed E-state index contributed by atoms with van der Waals surface area (Å²) in [6, 6.07) is 0.269. The van der Waals surface area contributed by atoms with Crippen molar-refractivity contribution in [1.29, 1.82) is 0 Å². The number of carbonyl (C=O) groups is 1. The van der Waals surface area contributed by atoms with E-state index in [-0.39, 0.29) is 11.9 Å². The minimum absolute atomic E-state index is 0.117. The lowest BCUT2D eigenvalue weighted by Gasteiger charge is -2.42. The van der Waals surface area contributed by atoms with Gasteiger partial charge >= 0.3 is 0 Å². The number of ether oxygens (including phenoxy) is 1. The Morgan fingerprint density at radius 1 is 1.50 bits per heavy atom. The van der Waals surface area contributed by atoms with Crippen LogP contribution in [-0.4, -0.2) is 53.1 Å². The number of rotatable bonds is 2. The molecule has 0 bridgehead atoms. The summed E-state index contributed by atoms with van der Waals surface area (Å²) in [7, 11) is 0. The van der Waals surface area contributed by atoms with Crippen LogP contribution < -0.4 is 5.73 Å². The van der Waals surface area contributed by atoms with Gasteiger partial charge in [0.25, 0.3) is 0 Å². The molecule has 6 heteroatoms. The second-order valence-corrected chi connectivity index (χ2v) is 6.57.